The fourth-order valence-corrected chi connectivity index (χ4v) is 4.15. The van der Waals surface area contributed by atoms with Gasteiger partial charge >= 0.3 is 5.97 Å². The average Bonchev–Trinajstić information content (AvgIpc) is 2.94. The maximum absolute atomic E-state index is 12.5. The van der Waals surface area contributed by atoms with Crippen molar-refractivity contribution in [1.29, 1.82) is 0 Å². The third-order valence-electron chi connectivity index (χ3n) is 6.31. The summed E-state index contributed by atoms with van der Waals surface area (Å²) < 4.78 is 6.58. The molecule has 7 heteroatoms. The second kappa shape index (κ2) is 9.14. The lowest BCUT2D eigenvalue weighted by Gasteiger charge is -2.36. The van der Waals surface area contributed by atoms with Crippen LogP contribution in [0.3, 0.4) is 0 Å². The summed E-state index contributed by atoms with van der Waals surface area (Å²) >= 11 is 3.47. The number of ether oxygens (including phenoxy) is 1. The summed E-state index contributed by atoms with van der Waals surface area (Å²) in [6.45, 7) is 6.91. The highest BCUT2D eigenvalue weighted by molar-refractivity contribution is 9.10. The Morgan fingerprint density at radius 2 is 1.66 bits per heavy atom. The number of amides is 1. The molecule has 1 atom stereocenters. The van der Waals surface area contributed by atoms with E-state index < -0.39 is 22.5 Å². The first-order chi connectivity index (χ1) is 14.9. The van der Waals surface area contributed by atoms with Gasteiger partial charge in [-0.15, -0.1) is 5.11 Å². The van der Waals surface area contributed by atoms with Crippen molar-refractivity contribution < 1.29 is 19.4 Å². The van der Waals surface area contributed by atoms with Crippen molar-refractivity contribution in [3.8, 4) is 5.75 Å². The first-order valence-electron chi connectivity index (χ1n) is 10.7. The Morgan fingerprint density at radius 1 is 1.06 bits per heavy atom. The van der Waals surface area contributed by atoms with E-state index in [0.29, 0.717) is 12.2 Å². The lowest BCUT2D eigenvalue weighted by molar-refractivity contribution is -0.152. The van der Waals surface area contributed by atoms with E-state index in [1.165, 1.54) is 13.8 Å². The molecule has 0 saturated heterocycles. The Bertz CT molecular complexity index is 1010. The second-order valence-corrected chi connectivity index (χ2v) is 10.3. The summed E-state index contributed by atoms with van der Waals surface area (Å²) in [6, 6.07) is 15.6. The molecule has 32 heavy (non-hydrogen) atoms. The standard InChI is InChI=1S/C25H29BrN2O4/c1-23(2)21(29)27-28-25(23,16-18-7-11-19(26)12-8-18)15-5-6-17-9-13-20(14-10-17)32-24(3,4)22(30)31/h7-14H,5-6,15-16H2,1-4H3,(H,30,31). The molecule has 1 amide bonds. The summed E-state index contributed by atoms with van der Waals surface area (Å²) in [5, 5.41) is 17.7. The summed E-state index contributed by atoms with van der Waals surface area (Å²) in [5.41, 5.74) is -0.292. The number of halogens is 1. The van der Waals surface area contributed by atoms with Crippen LogP contribution >= 0.6 is 15.9 Å². The number of hydrogen-bond donors (Lipinski definition) is 1. The number of nitrogens with zero attached hydrogens (tertiary/aromatic N) is 2. The smallest absolute Gasteiger partial charge is 0.347 e. The summed E-state index contributed by atoms with van der Waals surface area (Å²) in [5.74, 6) is -0.665. The van der Waals surface area contributed by atoms with Gasteiger partial charge in [0.15, 0.2) is 5.60 Å². The van der Waals surface area contributed by atoms with E-state index in [1.54, 1.807) is 12.1 Å². The summed E-state index contributed by atoms with van der Waals surface area (Å²) in [7, 11) is 0. The number of rotatable bonds is 9. The Labute approximate surface area is 197 Å². The van der Waals surface area contributed by atoms with E-state index >= 15 is 0 Å². The van der Waals surface area contributed by atoms with Crippen LogP contribution in [-0.2, 0) is 22.4 Å². The van der Waals surface area contributed by atoms with Gasteiger partial charge in [-0.2, -0.15) is 5.11 Å². The zero-order valence-corrected chi connectivity index (χ0v) is 20.5. The van der Waals surface area contributed by atoms with Gasteiger partial charge < -0.3 is 9.84 Å². The first kappa shape index (κ1) is 24.1. The molecule has 0 saturated carbocycles. The molecule has 0 radical (unpaired) electrons. The molecule has 170 valence electrons. The quantitative estimate of drug-likeness (QED) is 0.456. The van der Waals surface area contributed by atoms with E-state index in [2.05, 4.69) is 38.3 Å². The molecule has 6 nitrogen and oxygen atoms in total. The largest absolute Gasteiger partial charge is 0.478 e. The molecule has 1 N–H and O–H groups in total. The summed E-state index contributed by atoms with van der Waals surface area (Å²) in [6.07, 6.45) is 3.03. The molecule has 0 spiro atoms. The van der Waals surface area contributed by atoms with Crippen LogP contribution in [0.15, 0.2) is 63.2 Å². The molecule has 1 aliphatic rings. The second-order valence-electron chi connectivity index (χ2n) is 9.38. The molecule has 2 aromatic rings. The van der Waals surface area contributed by atoms with Gasteiger partial charge in [0.05, 0.1) is 5.41 Å². The highest BCUT2D eigenvalue weighted by Crippen LogP contribution is 2.46. The van der Waals surface area contributed by atoms with Gasteiger partial charge in [-0.3, -0.25) is 4.79 Å². The highest BCUT2D eigenvalue weighted by Gasteiger charge is 2.54. The number of aryl methyl sites for hydroxylation is 1. The van der Waals surface area contributed by atoms with Crippen molar-refractivity contribution in [2.45, 2.75) is 64.5 Å². The topological polar surface area (TPSA) is 88.3 Å². The Morgan fingerprint density at radius 3 is 2.19 bits per heavy atom. The van der Waals surface area contributed by atoms with Gasteiger partial charge in [0.25, 0.3) is 5.91 Å². The van der Waals surface area contributed by atoms with E-state index in [1.807, 2.05) is 38.1 Å². The Kier molecular flexibility index (Phi) is 6.89. The van der Waals surface area contributed by atoms with Gasteiger partial charge in [0.1, 0.15) is 11.3 Å². The minimum Gasteiger partial charge on any atom is -0.478 e. The number of benzene rings is 2. The minimum absolute atomic E-state index is 0.169. The minimum atomic E-state index is -1.29. The van der Waals surface area contributed by atoms with Crippen LogP contribution in [0, 0.1) is 5.41 Å². The monoisotopic (exact) mass is 500 g/mol. The van der Waals surface area contributed by atoms with Crippen LogP contribution in [-0.4, -0.2) is 28.1 Å². The van der Waals surface area contributed by atoms with Gasteiger partial charge in [-0.25, -0.2) is 4.79 Å². The number of carboxylic acids is 1. The Balaban J connectivity index is 1.68. The molecule has 0 fully saturated rings. The zero-order chi connectivity index (χ0) is 23.6. The maximum Gasteiger partial charge on any atom is 0.347 e. The van der Waals surface area contributed by atoms with Gasteiger partial charge in [-0.1, -0.05) is 40.2 Å². The maximum atomic E-state index is 12.5. The van der Waals surface area contributed by atoms with Crippen LogP contribution in [0.25, 0.3) is 0 Å². The number of carboxylic acid groups (broad SMARTS) is 1. The molecular formula is C25H29BrN2O4. The predicted octanol–water partition coefficient (Wildman–Crippen LogP) is 6.01. The summed E-state index contributed by atoms with van der Waals surface area (Å²) in [4.78, 5) is 23.7. The number of carbonyl (C=O) groups is 2. The molecule has 1 unspecified atom stereocenters. The molecule has 0 aromatic heterocycles. The van der Waals surface area contributed by atoms with Crippen molar-refractivity contribution in [3.63, 3.8) is 0 Å². The molecular weight excluding hydrogens is 472 g/mol. The van der Waals surface area contributed by atoms with E-state index in [9.17, 15) is 14.7 Å². The highest BCUT2D eigenvalue weighted by atomic mass is 79.9. The van der Waals surface area contributed by atoms with Gasteiger partial charge in [0, 0.05) is 10.9 Å². The Hall–Kier alpha value is -2.54. The molecule has 3 rings (SSSR count). The van der Waals surface area contributed by atoms with E-state index in [-0.39, 0.29) is 5.91 Å². The van der Waals surface area contributed by atoms with Crippen LogP contribution < -0.4 is 4.74 Å². The van der Waals surface area contributed by atoms with Crippen molar-refractivity contribution in [1.82, 2.24) is 0 Å². The van der Waals surface area contributed by atoms with Crippen molar-refractivity contribution >= 4 is 27.8 Å². The number of azo groups is 1. The van der Waals surface area contributed by atoms with E-state index in [4.69, 9.17) is 4.74 Å². The lowest BCUT2D eigenvalue weighted by atomic mass is 9.67. The fourth-order valence-electron chi connectivity index (χ4n) is 3.88. The zero-order valence-electron chi connectivity index (χ0n) is 18.9. The number of carbonyl (C=O) groups excluding carboxylic acids is 1. The van der Waals surface area contributed by atoms with Crippen LogP contribution in [0.4, 0.5) is 0 Å². The third kappa shape index (κ3) is 5.09. The SMILES string of the molecule is CC(C)(Oc1ccc(CCCC2(Cc3ccc(Br)cc3)N=NC(=O)C2(C)C)cc1)C(=O)O. The molecule has 0 bridgehead atoms. The van der Waals surface area contributed by atoms with Gasteiger partial charge in [-0.05, 0) is 82.3 Å². The predicted molar refractivity (Wildman–Crippen MR) is 126 cm³/mol. The first-order valence-corrected chi connectivity index (χ1v) is 11.5. The van der Waals surface area contributed by atoms with Gasteiger partial charge in [0.2, 0.25) is 0 Å². The van der Waals surface area contributed by atoms with Crippen LogP contribution in [0.1, 0.15) is 51.7 Å². The number of aliphatic carboxylic acids is 1. The normalized spacial score (nSPS) is 19.8. The van der Waals surface area contributed by atoms with Crippen molar-refractivity contribution in [3.05, 3.63) is 64.1 Å². The van der Waals surface area contributed by atoms with Crippen molar-refractivity contribution in [2.24, 2.45) is 15.6 Å². The fraction of sp³-hybridized carbons (Fsp3) is 0.440. The number of hydrogen-bond acceptors (Lipinski definition) is 4. The lowest BCUT2D eigenvalue weighted by Crippen LogP contribution is -2.45. The van der Waals surface area contributed by atoms with Crippen molar-refractivity contribution in [2.75, 3.05) is 0 Å². The molecule has 1 aliphatic heterocycles. The molecule has 0 aliphatic carbocycles. The van der Waals surface area contributed by atoms with E-state index in [0.717, 1.165) is 34.9 Å². The average molecular weight is 501 g/mol. The third-order valence-corrected chi connectivity index (χ3v) is 6.84. The van der Waals surface area contributed by atoms with Crippen LogP contribution in [0.5, 0.6) is 5.75 Å². The molecule has 2 aromatic carbocycles. The van der Waals surface area contributed by atoms with Crippen LogP contribution in [0.2, 0.25) is 0 Å². The molecule has 1 heterocycles.